The van der Waals surface area contributed by atoms with Crippen LogP contribution in [0.15, 0.2) is 18.3 Å². The molecule has 32 heavy (non-hydrogen) atoms. The molecule has 0 aromatic carbocycles. The number of carbonyl (C=O) groups excluding carboxylic acids is 1. The fourth-order valence-electron chi connectivity index (χ4n) is 3.11. The molecule has 2 heterocycles. The van der Waals surface area contributed by atoms with Gasteiger partial charge in [0.25, 0.3) is 0 Å². The second-order valence-corrected chi connectivity index (χ2v) is 16.1. The quantitative estimate of drug-likeness (QED) is 0.476. The van der Waals surface area contributed by atoms with Gasteiger partial charge in [-0.1, -0.05) is 20.8 Å². The molecule has 1 amide bonds. The van der Waals surface area contributed by atoms with Crippen LogP contribution in [0, 0.1) is 0 Å². The highest BCUT2D eigenvalue weighted by atomic mass is 28.4. The normalized spacial score (nSPS) is 15.1. The Morgan fingerprint density at radius 2 is 1.81 bits per heavy atom. The summed E-state index contributed by atoms with van der Waals surface area (Å²) in [4.78, 5) is 12.3. The van der Waals surface area contributed by atoms with Crippen LogP contribution in [0.3, 0.4) is 0 Å². The van der Waals surface area contributed by atoms with Crippen molar-refractivity contribution < 1.29 is 22.8 Å². The van der Waals surface area contributed by atoms with Crippen LogP contribution in [-0.4, -0.2) is 42.3 Å². The number of nitrogens with one attached hydrogen (secondary N) is 1. The molecule has 0 saturated carbocycles. The number of hydrogen-bond acceptors (Lipinski definition) is 5. The van der Waals surface area contributed by atoms with Gasteiger partial charge in [-0.2, -0.15) is 5.10 Å². The van der Waals surface area contributed by atoms with Crippen LogP contribution in [0.5, 0.6) is 5.75 Å². The third-order valence-electron chi connectivity index (χ3n) is 5.68. The summed E-state index contributed by atoms with van der Waals surface area (Å²) in [7, 11) is -4.62. The molecular weight excluding hydrogens is 422 g/mol. The molecule has 0 spiro atoms. The number of hydrogen-bond donors (Lipinski definition) is 1. The first-order valence-corrected chi connectivity index (χ1v) is 13.9. The minimum absolute atomic E-state index is 0.0281. The van der Waals surface area contributed by atoms with Crippen LogP contribution in [-0.2, 0) is 15.6 Å². The minimum atomic E-state index is -2.70. The van der Waals surface area contributed by atoms with Gasteiger partial charge in [-0.3, -0.25) is 5.32 Å². The van der Waals surface area contributed by atoms with Crippen molar-refractivity contribution in [2.24, 2.45) is 0 Å². The average molecular weight is 467 g/mol. The van der Waals surface area contributed by atoms with Crippen LogP contribution in [0.2, 0.25) is 18.1 Å². The maximum atomic E-state index is 12.3. The smallest absolute Gasteiger partial charge is 0.412 e. The van der Waals surface area contributed by atoms with Crippen LogP contribution in [0.25, 0.3) is 5.52 Å². The first kappa shape index (κ1) is 21.8. The van der Waals surface area contributed by atoms with Crippen molar-refractivity contribution in [2.45, 2.75) is 97.6 Å². The highest BCUT2D eigenvalue weighted by Gasteiger charge is 2.41. The van der Waals surface area contributed by atoms with Gasteiger partial charge in [-0.05, 0) is 77.7 Å². The van der Waals surface area contributed by atoms with E-state index in [4.69, 9.17) is 18.0 Å². The predicted molar refractivity (Wildman–Crippen MR) is 132 cm³/mol. The molecule has 0 aliphatic heterocycles. The summed E-state index contributed by atoms with van der Waals surface area (Å²) in [5, 5.41) is 7.31. The van der Waals surface area contributed by atoms with Crippen molar-refractivity contribution >= 4 is 25.6 Å². The molecule has 2 rings (SSSR count). The SMILES string of the molecule is [2H]C([2H])([2H])Oc1cn2nc(CCC(C)(C)O[Si](C)(C)C(C)(C)C)cc2cc1NC(=O)OC(C)(C)C. The second-order valence-electron chi connectivity index (χ2n) is 11.4. The Hall–Kier alpha value is -2.06. The van der Waals surface area contributed by atoms with Crippen LogP contribution < -0.4 is 10.1 Å². The highest BCUT2D eigenvalue weighted by Crippen LogP contribution is 2.40. The predicted octanol–water partition coefficient (Wildman–Crippen LogP) is 6.42. The molecule has 0 atom stereocenters. The number of fused-ring (bicyclic) bond motifs is 1. The Balaban J connectivity index is 2.28. The van der Waals surface area contributed by atoms with Gasteiger partial charge in [0.2, 0.25) is 0 Å². The van der Waals surface area contributed by atoms with E-state index in [2.05, 4.69) is 58.1 Å². The summed E-state index contributed by atoms with van der Waals surface area (Å²) in [6.07, 6.45) is 2.19. The topological polar surface area (TPSA) is 74.1 Å². The molecule has 8 heteroatoms. The standard InChI is InChI=1S/C24H41N3O4Si/c1-22(2,3)30-21(28)25-19-15-18-14-17(26-27(18)16-20(19)29-9)12-13-24(7,8)31-32(10,11)23(4,5)6/h14-16H,12-13H2,1-11H3,(H,25,28)/i9D3. The van der Waals surface area contributed by atoms with E-state index in [0.717, 1.165) is 12.1 Å². The molecule has 180 valence electrons. The zero-order valence-electron chi connectivity index (χ0n) is 24.2. The van der Waals surface area contributed by atoms with E-state index in [0.29, 0.717) is 11.9 Å². The van der Waals surface area contributed by atoms with Crippen LogP contribution in [0.1, 0.15) is 71.6 Å². The number of pyridine rings is 1. The fraction of sp³-hybridized carbons (Fsp3) is 0.667. The molecule has 2 aromatic heterocycles. The number of anilines is 1. The van der Waals surface area contributed by atoms with E-state index in [1.807, 2.05) is 6.07 Å². The van der Waals surface area contributed by atoms with Crippen molar-refractivity contribution in [3.05, 3.63) is 24.0 Å². The second kappa shape index (κ2) is 9.06. The summed E-state index contributed by atoms with van der Waals surface area (Å²) in [5.74, 6) is -0.0281. The molecule has 0 aliphatic rings. The third kappa shape index (κ3) is 6.97. The van der Waals surface area contributed by atoms with Gasteiger partial charge in [-0.15, -0.1) is 0 Å². The molecule has 2 aromatic rings. The maximum Gasteiger partial charge on any atom is 0.412 e. The monoisotopic (exact) mass is 466 g/mol. The number of methoxy groups -OCH3 is 1. The number of aromatic nitrogens is 2. The number of aryl methyl sites for hydroxylation is 1. The first-order valence-electron chi connectivity index (χ1n) is 12.5. The molecular formula is C24H41N3O4Si. The van der Waals surface area contributed by atoms with Gasteiger partial charge < -0.3 is 13.9 Å². The number of rotatable bonds is 7. The summed E-state index contributed by atoms with van der Waals surface area (Å²) in [6, 6.07) is 3.53. The van der Waals surface area contributed by atoms with Gasteiger partial charge in [0.1, 0.15) is 5.60 Å². The lowest BCUT2D eigenvalue weighted by Crippen LogP contribution is -2.47. The van der Waals surface area contributed by atoms with Gasteiger partial charge in [0.05, 0.1) is 39.8 Å². The summed E-state index contributed by atoms with van der Waals surface area (Å²) in [6.45, 7) is 20.6. The van der Waals surface area contributed by atoms with Crippen molar-refractivity contribution in [1.82, 2.24) is 9.61 Å². The zero-order chi connectivity index (χ0) is 27.0. The lowest BCUT2D eigenvalue weighted by molar-refractivity contribution is 0.0635. The van der Waals surface area contributed by atoms with E-state index in [1.54, 1.807) is 31.4 Å². The molecule has 0 saturated heterocycles. The Labute approximate surface area is 198 Å². The molecule has 0 fully saturated rings. The van der Waals surface area contributed by atoms with E-state index in [-0.39, 0.29) is 22.1 Å². The third-order valence-corrected chi connectivity index (χ3v) is 10.4. The Morgan fingerprint density at radius 1 is 1.16 bits per heavy atom. The molecule has 0 bridgehead atoms. The van der Waals surface area contributed by atoms with Crippen LogP contribution in [0.4, 0.5) is 10.5 Å². The Morgan fingerprint density at radius 3 is 2.38 bits per heavy atom. The van der Waals surface area contributed by atoms with Crippen molar-refractivity contribution in [3.63, 3.8) is 0 Å². The molecule has 1 N–H and O–H groups in total. The van der Waals surface area contributed by atoms with Crippen LogP contribution >= 0.6 is 0 Å². The summed E-state index contributed by atoms with van der Waals surface area (Å²) < 4.78 is 41.1. The largest absolute Gasteiger partial charge is 0.493 e. The first-order chi connectivity index (χ1) is 15.6. The molecule has 0 aliphatic carbocycles. The van der Waals surface area contributed by atoms with E-state index >= 15 is 0 Å². The van der Waals surface area contributed by atoms with E-state index in [1.165, 1.54) is 6.20 Å². The van der Waals surface area contributed by atoms with Gasteiger partial charge in [0, 0.05) is 0 Å². The number of ether oxygens (including phenoxy) is 2. The molecule has 7 nitrogen and oxygen atoms in total. The number of carbonyl (C=O) groups is 1. The van der Waals surface area contributed by atoms with Gasteiger partial charge in [-0.25, -0.2) is 9.31 Å². The highest BCUT2D eigenvalue weighted by molar-refractivity contribution is 6.74. The van der Waals surface area contributed by atoms with Crippen molar-refractivity contribution in [3.8, 4) is 5.75 Å². The lowest BCUT2D eigenvalue weighted by Gasteiger charge is -2.42. The molecule has 0 unspecified atom stereocenters. The fourth-order valence-corrected chi connectivity index (χ4v) is 4.90. The summed E-state index contributed by atoms with van der Waals surface area (Å²) in [5.41, 5.74) is 0.675. The van der Waals surface area contributed by atoms with E-state index < -0.39 is 27.0 Å². The lowest BCUT2D eigenvalue weighted by atomic mass is 10.0. The maximum absolute atomic E-state index is 12.3. The van der Waals surface area contributed by atoms with E-state index in [9.17, 15) is 4.79 Å². The Kier molecular flexibility index (Phi) is 6.16. The number of nitrogens with zero attached hydrogens (tertiary/aromatic N) is 2. The van der Waals surface area contributed by atoms with Crippen molar-refractivity contribution in [2.75, 3.05) is 12.4 Å². The summed E-state index contributed by atoms with van der Waals surface area (Å²) >= 11 is 0. The van der Waals surface area contributed by atoms with Crippen molar-refractivity contribution in [1.29, 1.82) is 0 Å². The average Bonchev–Trinajstić information content (AvgIpc) is 2.97. The molecule has 0 radical (unpaired) electrons. The minimum Gasteiger partial charge on any atom is -0.493 e. The van der Waals surface area contributed by atoms with Gasteiger partial charge in [0.15, 0.2) is 14.1 Å². The zero-order valence-corrected chi connectivity index (χ0v) is 22.2. The number of amides is 1. The Bertz CT molecular complexity index is 1050. The van der Waals surface area contributed by atoms with Gasteiger partial charge >= 0.3 is 6.09 Å².